The molecule has 0 N–H and O–H groups in total. The normalized spacial score (nSPS) is 10.8. The largest absolute Gasteiger partial charge is 0.0683 e. The van der Waals surface area contributed by atoms with Gasteiger partial charge in [-0.05, 0) is 23.8 Å². The molecule has 0 aliphatic heterocycles. The summed E-state index contributed by atoms with van der Waals surface area (Å²) in [5.74, 6) is 0. The zero-order valence-electron chi connectivity index (χ0n) is 14.5. The summed E-state index contributed by atoms with van der Waals surface area (Å²) in [6.07, 6.45) is 10.8. The van der Waals surface area contributed by atoms with Crippen LogP contribution in [-0.2, 0) is 5.41 Å². The molecule has 0 amide bonds. The van der Waals surface area contributed by atoms with E-state index in [1.807, 2.05) is 13.8 Å². The Morgan fingerprint density at radius 1 is 0.750 bits per heavy atom. The Morgan fingerprint density at radius 3 is 1.60 bits per heavy atom. The van der Waals surface area contributed by atoms with E-state index in [2.05, 4.69) is 51.1 Å². The van der Waals surface area contributed by atoms with Crippen LogP contribution in [0.2, 0.25) is 0 Å². The van der Waals surface area contributed by atoms with Crippen molar-refractivity contribution in [1.29, 1.82) is 0 Å². The Kier molecular flexibility index (Phi) is 11.5. The number of hydrogen-bond donors (Lipinski definition) is 0. The van der Waals surface area contributed by atoms with Crippen LogP contribution in [-0.4, -0.2) is 0 Å². The van der Waals surface area contributed by atoms with Gasteiger partial charge in [-0.15, -0.1) is 0 Å². The predicted octanol–water partition coefficient (Wildman–Crippen LogP) is 7.13. The third kappa shape index (κ3) is 7.12. The van der Waals surface area contributed by atoms with Gasteiger partial charge in [0.25, 0.3) is 0 Å². The molecule has 1 aromatic carbocycles. The van der Waals surface area contributed by atoms with Gasteiger partial charge in [-0.25, -0.2) is 0 Å². The molecule has 0 aliphatic carbocycles. The number of benzene rings is 1. The average Bonchev–Trinajstić information content (AvgIpc) is 2.51. The minimum atomic E-state index is 0.394. The molecule has 0 aromatic heterocycles. The van der Waals surface area contributed by atoms with Crippen LogP contribution >= 0.6 is 0 Å². The Morgan fingerprint density at radius 2 is 1.20 bits per heavy atom. The van der Waals surface area contributed by atoms with E-state index in [-0.39, 0.29) is 0 Å². The molecule has 0 unspecified atom stereocenters. The molecule has 0 aliphatic rings. The Hall–Kier alpha value is -0.780. The number of unbranched alkanes of at least 4 members (excludes halogenated alkanes) is 4. The minimum absolute atomic E-state index is 0.394. The molecular weight excluding hydrogens is 240 g/mol. The molecule has 0 bridgehead atoms. The van der Waals surface area contributed by atoms with Gasteiger partial charge in [-0.2, -0.15) is 0 Å². The Balaban J connectivity index is 0.00000172. The average molecular weight is 277 g/mol. The number of hydrogen-bond acceptors (Lipinski definition) is 0. The summed E-state index contributed by atoms with van der Waals surface area (Å²) in [6, 6.07) is 11.1. The van der Waals surface area contributed by atoms with Crippen LogP contribution in [0.3, 0.4) is 0 Å². The number of rotatable bonds is 9. The van der Waals surface area contributed by atoms with Gasteiger partial charge < -0.3 is 0 Å². The van der Waals surface area contributed by atoms with E-state index in [0.29, 0.717) is 5.41 Å². The van der Waals surface area contributed by atoms with Crippen LogP contribution in [0.25, 0.3) is 0 Å². The maximum absolute atomic E-state index is 2.47. The van der Waals surface area contributed by atoms with E-state index in [4.69, 9.17) is 0 Å². The zero-order chi connectivity index (χ0) is 15.3. The maximum Gasteiger partial charge on any atom is -0.00753 e. The van der Waals surface area contributed by atoms with Gasteiger partial charge >= 0.3 is 0 Å². The Labute approximate surface area is 128 Å². The molecule has 0 saturated carbocycles. The maximum atomic E-state index is 2.47. The van der Waals surface area contributed by atoms with Crippen molar-refractivity contribution in [1.82, 2.24) is 0 Å². The fraction of sp³-hybridized carbons (Fsp3) is 0.700. The van der Waals surface area contributed by atoms with E-state index in [0.717, 1.165) is 0 Å². The van der Waals surface area contributed by atoms with Crippen molar-refractivity contribution in [2.75, 3.05) is 0 Å². The fourth-order valence-electron chi connectivity index (χ4n) is 2.78. The van der Waals surface area contributed by atoms with Crippen molar-refractivity contribution in [3.63, 3.8) is 0 Å². The van der Waals surface area contributed by atoms with Gasteiger partial charge in [0.15, 0.2) is 0 Å². The molecule has 0 heterocycles. The van der Waals surface area contributed by atoms with E-state index in [1.165, 1.54) is 56.9 Å². The molecule has 0 nitrogen and oxygen atoms in total. The predicted molar refractivity (Wildman–Crippen MR) is 93.4 cm³/mol. The highest BCUT2D eigenvalue weighted by Crippen LogP contribution is 2.35. The summed E-state index contributed by atoms with van der Waals surface area (Å²) < 4.78 is 0. The highest BCUT2D eigenvalue weighted by molar-refractivity contribution is 5.24. The van der Waals surface area contributed by atoms with Crippen LogP contribution in [0.15, 0.2) is 30.3 Å². The highest BCUT2D eigenvalue weighted by Gasteiger charge is 2.25. The first-order valence-electron chi connectivity index (χ1n) is 8.78. The summed E-state index contributed by atoms with van der Waals surface area (Å²) in [5, 5.41) is 0. The van der Waals surface area contributed by atoms with E-state index in [1.54, 1.807) is 0 Å². The zero-order valence-corrected chi connectivity index (χ0v) is 14.5. The Bertz CT molecular complexity index is 289. The van der Waals surface area contributed by atoms with Crippen molar-refractivity contribution in [3.05, 3.63) is 35.9 Å². The second-order valence-corrected chi connectivity index (χ2v) is 5.84. The third-order valence-corrected chi connectivity index (χ3v) is 4.13. The molecule has 0 spiro atoms. The van der Waals surface area contributed by atoms with Gasteiger partial charge in [0.1, 0.15) is 0 Å². The van der Waals surface area contributed by atoms with E-state index >= 15 is 0 Å². The van der Waals surface area contributed by atoms with E-state index in [9.17, 15) is 0 Å². The van der Waals surface area contributed by atoms with Crippen LogP contribution in [0.4, 0.5) is 0 Å². The summed E-state index contributed by atoms with van der Waals surface area (Å²) in [6.45, 7) is 11.0. The topological polar surface area (TPSA) is 0 Å². The summed E-state index contributed by atoms with van der Waals surface area (Å²) in [5.41, 5.74) is 1.93. The lowest BCUT2D eigenvalue weighted by atomic mass is 9.74. The molecular formula is C20H36. The van der Waals surface area contributed by atoms with Crippen LogP contribution in [0, 0.1) is 0 Å². The molecule has 116 valence electrons. The van der Waals surface area contributed by atoms with Crippen molar-refractivity contribution in [3.8, 4) is 0 Å². The molecule has 0 heteroatoms. The van der Waals surface area contributed by atoms with E-state index < -0.39 is 0 Å². The highest BCUT2D eigenvalue weighted by atomic mass is 14.3. The van der Waals surface area contributed by atoms with Gasteiger partial charge in [-0.3, -0.25) is 0 Å². The second-order valence-electron chi connectivity index (χ2n) is 5.84. The molecule has 0 fully saturated rings. The van der Waals surface area contributed by atoms with Crippen LogP contribution in [0.1, 0.15) is 91.5 Å². The van der Waals surface area contributed by atoms with Crippen molar-refractivity contribution < 1.29 is 0 Å². The van der Waals surface area contributed by atoms with Gasteiger partial charge in [-0.1, -0.05) is 103 Å². The quantitative estimate of drug-likeness (QED) is 0.421. The minimum Gasteiger partial charge on any atom is -0.0683 e. The monoisotopic (exact) mass is 276 g/mol. The smallest absolute Gasteiger partial charge is 0.00753 e. The lowest BCUT2D eigenvalue weighted by Crippen LogP contribution is -2.22. The molecule has 0 saturated heterocycles. The SMILES string of the molecule is CC.CCCCCC(C)(CCCCC)c1ccccc1. The standard InChI is InChI=1S/C18H30.C2H6/c1-4-6-11-15-18(3,16-12-7-5-2)17-13-9-8-10-14-17;1-2/h8-10,13-14H,4-7,11-12,15-16H2,1-3H3;1-2H3. The molecule has 0 radical (unpaired) electrons. The first-order valence-corrected chi connectivity index (χ1v) is 8.78. The summed E-state index contributed by atoms with van der Waals surface area (Å²) in [7, 11) is 0. The first kappa shape index (κ1) is 19.2. The van der Waals surface area contributed by atoms with Crippen LogP contribution in [0.5, 0.6) is 0 Å². The fourth-order valence-corrected chi connectivity index (χ4v) is 2.78. The molecule has 0 atom stereocenters. The lowest BCUT2D eigenvalue weighted by molar-refractivity contribution is 0.367. The first-order chi connectivity index (χ1) is 9.73. The third-order valence-electron chi connectivity index (χ3n) is 4.13. The van der Waals surface area contributed by atoms with Crippen molar-refractivity contribution >= 4 is 0 Å². The molecule has 20 heavy (non-hydrogen) atoms. The molecule has 1 rings (SSSR count). The van der Waals surface area contributed by atoms with Crippen LogP contribution < -0.4 is 0 Å². The second kappa shape index (κ2) is 12.0. The summed E-state index contributed by atoms with van der Waals surface area (Å²) in [4.78, 5) is 0. The van der Waals surface area contributed by atoms with Gasteiger partial charge in [0.05, 0.1) is 0 Å². The van der Waals surface area contributed by atoms with Gasteiger partial charge in [0, 0.05) is 0 Å². The van der Waals surface area contributed by atoms with Crippen molar-refractivity contribution in [2.45, 2.75) is 91.4 Å². The summed E-state index contributed by atoms with van der Waals surface area (Å²) >= 11 is 0. The molecule has 1 aromatic rings. The van der Waals surface area contributed by atoms with Gasteiger partial charge in [0.2, 0.25) is 0 Å². The lowest BCUT2D eigenvalue weighted by Gasteiger charge is -2.30. The van der Waals surface area contributed by atoms with Crippen molar-refractivity contribution in [2.24, 2.45) is 0 Å².